The molecule has 0 radical (unpaired) electrons. The monoisotopic (exact) mass is 374 g/mol. The lowest BCUT2D eigenvalue weighted by molar-refractivity contribution is 0.102. The molecule has 4 aromatic rings. The molecule has 0 unspecified atom stereocenters. The van der Waals surface area contributed by atoms with Crippen molar-refractivity contribution < 1.29 is 22.4 Å². The summed E-state index contributed by atoms with van der Waals surface area (Å²) in [6.07, 6.45) is 1.39. The minimum Gasteiger partial charge on any atom is -0.359 e. The molecular formula is C18H10F4N4O. The number of benzene rings is 2. The topological polar surface area (TPSA) is 73.6 Å². The second kappa shape index (κ2) is 6.27. The van der Waals surface area contributed by atoms with E-state index in [1.807, 2.05) is 0 Å². The van der Waals surface area contributed by atoms with Gasteiger partial charge >= 0.3 is 0 Å². The highest BCUT2D eigenvalue weighted by molar-refractivity contribution is 6.08. The van der Waals surface area contributed by atoms with Gasteiger partial charge in [-0.1, -0.05) is 0 Å². The summed E-state index contributed by atoms with van der Waals surface area (Å²) >= 11 is 0. The van der Waals surface area contributed by atoms with Crippen molar-refractivity contribution in [2.24, 2.45) is 0 Å². The summed E-state index contributed by atoms with van der Waals surface area (Å²) in [5.74, 6) is -4.22. The molecule has 2 aromatic heterocycles. The zero-order chi connectivity index (χ0) is 19.1. The highest BCUT2D eigenvalue weighted by atomic mass is 19.2. The molecule has 0 saturated heterocycles. The van der Waals surface area contributed by atoms with Crippen molar-refractivity contribution in [3.63, 3.8) is 0 Å². The lowest BCUT2D eigenvalue weighted by atomic mass is 10.1. The van der Waals surface area contributed by atoms with Gasteiger partial charge in [-0.3, -0.25) is 9.89 Å². The van der Waals surface area contributed by atoms with Gasteiger partial charge in [0.05, 0.1) is 16.9 Å². The fourth-order valence-electron chi connectivity index (χ4n) is 2.70. The minimum absolute atomic E-state index is 0.0200. The third kappa shape index (κ3) is 3.14. The Bertz CT molecular complexity index is 1160. The van der Waals surface area contributed by atoms with Crippen molar-refractivity contribution in [3.8, 4) is 11.3 Å². The number of aromatic amines is 2. The standard InChI is InChI=1S/C18H10F4N4O/c19-9-1-8(2-10(20)3-9)14-6-16(26-25-14)18(27)24-17-7-23-15-5-13(22)12(21)4-11(15)17/h1-7,23H,(H,24,27)(H,25,26). The van der Waals surface area contributed by atoms with Crippen LogP contribution in [0.15, 0.2) is 42.6 Å². The predicted octanol–water partition coefficient (Wildman–Crippen LogP) is 4.37. The molecule has 0 aliphatic heterocycles. The Labute approximate surface area is 149 Å². The van der Waals surface area contributed by atoms with Crippen LogP contribution in [-0.2, 0) is 0 Å². The largest absolute Gasteiger partial charge is 0.359 e. The van der Waals surface area contributed by atoms with E-state index in [4.69, 9.17) is 0 Å². The number of anilines is 1. The normalized spacial score (nSPS) is 11.1. The number of H-pyrrole nitrogens is 2. The van der Waals surface area contributed by atoms with E-state index in [1.165, 1.54) is 12.3 Å². The number of aromatic nitrogens is 3. The van der Waals surface area contributed by atoms with E-state index in [9.17, 15) is 22.4 Å². The SMILES string of the molecule is O=C(Nc1c[nH]c2cc(F)c(F)cc12)c1cc(-c2cc(F)cc(F)c2)n[nH]1. The summed E-state index contributed by atoms with van der Waals surface area (Å²) in [6.45, 7) is 0. The third-order valence-electron chi connectivity index (χ3n) is 3.95. The first-order chi connectivity index (χ1) is 12.9. The van der Waals surface area contributed by atoms with E-state index >= 15 is 0 Å². The van der Waals surface area contributed by atoms with Gasteiger partial charge in [0.1, 0.15) is 17.3 Å². The van der Waals surface area contributed by atoms with E-state index < -0.39 is 29.2 Å². The van der Waals surface area contributed by atoms with Crippen LogP contribution < -0.4 is 5.32 Å². The van der Waals surface area contributed by atoms with E-state index in [0.29, 0.717) is 5.52 Å². The molecule has 5 nitrogen and oxygen atoms in total. The van der Waals surface area contributed by atoms with Crippen LogP contribution in [0.3, 0.4) is 0 Å². The van der Waals surface area contributed by atoms with E-state index in [-0.39, 0.29) is 28.0 Å². The summed E-state index contributed by atoms with van der Waals surface area (Å²) in [5.41, 5.74) is 0.899. The van der Waals surface area contributed by atoms with Crippen molar-refractivity contribution in [2.75, 3.05) is 5.32 Å². The second-order valence-electron chi connectivity index (χ2n) is 5.79. The lowest BCUT2D eigenvalue weighted by Crippen LogP contribution is -2.12. The smallest absolute Gasteiger partial charge is 0.273 e. The average Bonchev–Trinajstić information content (AvgIpc) is 3.23. The number of carbonyl (C=O) groups is 1. The molecule has 0 fully saturated rings. The predicted molar refractivity (Wildman–Crippen MR) is 90.1 cm³/mol. The van der Waals surface area contributed by atoms with Gasteiger partial charge in [0.25, 0.3) is 5.91 Å². The molecule has 0 bridgehead atoms. The Hall–Kier alpha value is -3.62. The second-order valence-corrected chi connectivity index (χ2v) is 5.79. The molecule has 0 saturated carbocycles. The molecule has 3 N–H and O–H groups in total. The number of hydrogen-bond donors (Lipinski definition) is 3. The highest BCUT2D eigenvalue weighted by Gasteiger charge is 2.15. The first kappa shape index (κ1) is 16.8. The molecule has 0 spiro atoms. The van der Waals surface area contributed by atoms with Crippen LogP contribution in [-0.4, -0.2) is 21.1 Å². The van der Waals surface area contributed by atoms with Crippen molar-refractivity contribution in [2.45, 2.75) is 0 Å². The Kier molecular flexibility index (Phi) is 3.91. The number of amides is 1. The Morgan fingerprint density at radius 3 is 2.37 bits per heavy atom. The van der Waals surface area contributed by atoms with Gasteiger partial charge in [-0.2, -0.15) is 5.10 Å². The number of carbonyl (C=O) groups excluding carboxylic acids is 1. The summed E-state index contributed by atoms with van der Waals surface area (Å²) in [6, 6.07) is 6.15. The first-order valence-electron chi connectivity index (χ1n) is 7.70. The Morgan fingerprint density at radius 2 is 1.63 bits per heavy atom. The van der Waals surface area contributed by atoms with Crippen LogP contribution in [0, 0.1) is 23.3 Å². The van der Waals surface area contributed by atoms with Gasteiger partial charge in [0, 0.05) is 29.3 Å². The number of halogens is 4. The average molecular weight is 374 g/mol. The molecule has 1 amide bonds. The number of rotatable bonds is 3. The number of fused-ring (bicyclic) bond motifs is 1. The summed E-state index contributed by atoms with van der Waals surface area (Å²) in [4.78, 5) is 15.1. The Morgan fingerprint density at radius 1 is 0.926 bits per heavy atom. The molecule has 2 heterocycles. The number of hydrogen-bond acceptors (Lipinski definition) is 2. The molecule has 0 aliphatic rings. The van der Waals surface area contributed by atoms with Crippen molar-refractivity contribution >= 4 is 22.5 Å². The molecule has 4 rings (SSSR count). The molecular weight excluding hydrogens is 364 g/mol. The maximum Gasteiger partial charge on any atom is 0.273 e. The van der Waals surface area contributed by atoms with Crippen molar-refractivity contribution in [1.29, 1.82) is 0 Å². The molecule has 0 aliphatic carbocycles. The number of nitrogens with one attached hydrogen (secondary N) is 3. The van der Waals surface area contributed by atoms with Gasteiger partial charge in [0.2, 0.25) is 0 Å². The molecule has 9 heteroatoms. The van der Waals surface area contributed by atoms with Crippen LogP contribution in [0.1, 0.15) is 10.5 Å². The third-order valence-corrected chi connectivity index (χ3v) is 3.95. The molecule has 27 heavy (non-hydrogen) atoms. The van der Waals surface area contributed by atoms with Gasteiger partial charge < -0.3 is 10.3 Å². The van der Waals surface area contributed by atoms with Gasteiger partial charge in [-0.15, -0.1) is 0 Å². The zero-order valence-corrected chi connectivity index (χ0v) is 13.4. The molecule has 136 valence electrons. The lowest BCUT2D eigenvalue weighted by Gasteiger charge is -2.02. The molecule has 0 atom stereocenters. The maximum absolute atomic E-state index is 13.4. The summed E-state index contributed by atoms with van der Waals surface area (Å²) in [7, 11) is 0. The summed E-state index contributed by atoms with van der Waals surface area (Å²) in [5, 5.41) is 9.17. The highest BCUT2D eigenvalue weighted by Crippen LogP contribution is 2.26. The Balaban J connectivity index is 1.61. The summed E-state index contributed by atoms with van der Waals surface area (Å²) < 4.78 is 53.3. The van der Waals surface area contributed by atoms with Crippen LogP contribution in [0.5, 0.6) is 0 Å². The maximum atomic E-state index is 13.4. The van der Waals surface area contributed by atoms with Crippen molar-refractivity contribution in [1.82, 2.24) is 15.2 Å². The fraction of sp³-hybridized carbons (Fsp3) is 0. The number of nitrogens with zero attached hydrogens (tertiary/aromatic N) is 1. The molecule has 2 aromatic carbocycles. The minimum atomic E-state index is -1.05. The van der Waals surface area contributed by atoms with Crippen LogP contribution >= 0.6 is 0 Å². The van der Waals surface area contributed by atoms with Crippen LogP contribution in [0.4, 0.5) is 23.2 Å². The van der Waals surface area contributed by atoms with Gasteiger partial charge in [-0.25, -0.2) is 17.6 Å². The van der Waals surface area contributed by atoms with Crippen LogP contribution in [0.2, 0.25) is 0 Å². The fourth-order valence-corrected chi connectivity index (χ4v) is 2.70. The van der Waals surface area contributed by atoms with E-state index in [2.05, 4.69) is 20.5 Å². The first-order valence-corrected chi connectivity index (χ1v) is 7.70. The van der Waals surface area contributed by atoms with Gasteiger partial charge in [-0.05, 0) is 24.3 Å². The van der Waals surface area contributed by atoms with Crippen molar-refractivity contribution in [3.05, 3.63) is 71.6 Å². The quantitative estimate of drug-likeness (QED) is 0.466. The van der Waals surface area contributed by atoms with E-state index in [0.717, 1.165) is 30.3 Å². The van der Waals surface area contributed by atoms with E-state index in [1.54, 1.807) is 0 Å². The van der Waals surface area contributed by atoms with Crippen LogP contribution in [0.25, 0.3) is 22.2 Å². The van der Waals surface area contributed by atoms with Gasteiger partial charge in [0.15, 0.2) is 11.6 Å². The zero-order valence-electron chi connectivity index (χ0n) is 13.4.